The average Bonchev–Trinajstić information content (AvgIpc) is 4.22. The summed E-state index contributed by atoms with van der Waals surface area (Å²) in [5.74, 6) is 3.44. The van der Waals surface area contributed by atoms with Crippen molar-refractivity contribution in [2.75, 3.05) is 111 Å². The van der Waals surface area contributed by atoms with E-state index in [2.05, 4.69) is 59.8 Å². The highest BCUT2D eigenvalue weighted by atomic mass is 32.2. The van der Waals surface area contributed by atoms with Gasteiger partial charge in [0, 0.05) is 105 Å². The Hall–Kier alpha value is -6.37. The van der Waals surface area contributed by atoms with Crippen LogP contribution in [0.25, 0.3) is 76.3 Å². The fraction of sp³-hybridized carbons (Fsp3) is 0.365. The van der Waals surface area contributed by atoms with Crippen molar-refractivity contribution in [2.45, 2.75) is 24.9 Å². The van der Waals surface area contributed by atoms with Crippen LogP contribution in [0.2, 0.25) is 0 Å². The van der Waals surface area contributed by atoms with Gasteiger partial charge in [-0.05, 0) is 58.2 Å². The molecule has 7 aromatic heterocycles. The molecule has 378 valence electrons. The normalized spacial score (nSPS) is 20.9. The highest BCUT2D eigenvalue weighted by Gasteiger charge is 2.35. The summed E-state index contributed by atoms with van der Waals surface area (Å²) in [6.45, 7) is 8.43. The van der Waals surface area contributed by atoms with Gasteiger partial charge in [0.15, 0.2) is 38.7 Å². The van der Waals surface area contributed by atoms with Gasteiger partial charge in [0.05, 0.1) is 72.0 Å². The Labute approximate surface area is 431 Å². The number of furan rings is 1. The molecule has 5 aliphatic rings. The van der Waals surface area contributed by atoms with Gasteiger partial charge in [-0.25, -0.2) is 38.3 Å². The molecule has 0 spiro atoms. The number of rotatable bonds is 9. The molecular weight excluding hydrogens is 1000 g/mol. The molecule has 9 aromatic rings. The summed E-state index contributed by atoms with van der Waals surface area (Å²) in [6.07, 6.45) is 6.05. The zero-order chi connectivity index (χ0) is 49.7. The molecule has 2 aromatic carbocycles. The number of hydrogen-bond acceptors (Lipinski definition) is 18. The van der Waals surface area contributed by atoms with Crippen molar-refractivity contribution in [3.8, 4) is 22.8 Å². The predicted molar refractivity (Wildman–Crippen MR) is 286 cm³/mol. The minimum atomic E-state index is -2.99. The van der Waals surface area contributed by atoms with Crippen LogP contribution in [0.15, 0.2) is 77.6 Å². The first kappa shape index (κ1) is 46.2. The van der Waals surface area contributed by atoms with Crippen LogP contribution in [0.4, 0.5) is 17.3 Å². The maximum atomic E-state index is 14.1. The van der Waals surface area contributed by atoms with E-state index < -0.39 is 21.0 Å². The van der Waals surface area contributed by atoms with E-state index >= 15 is 0 Å². The second-order valence-corrected chi connectivity index (χ2v) is 24.6. The number of sulfone groups is 1. The number of morpholine rings is 2. The second kappa shape index (κ2) is 18.5. The topological polar surface area (TPSA) is 213 Å². The van der Waals surface area contributed by atoms with Gasteiger partial charge in [0.2, 0.25) is 17.0 Å². The Kier molecular flexibility index (Phi) is 11.5. The number of nitrogens with one attached hydrogen (secondary N) is 1. The lowest BCUT2D eigenvalue weighted by Crippen LogP contribution is -2.43. The van der Waals surface area contributed by atoms with Crippen LogP contribution in [0.3, 0.4) is 0 Å². The first-order valence-corrected chi connectivity index (χ1v) is 29.1. The van der Waals surface area contributed by atoms with E-state index in [0.717, 1.165) is 76.0 Å². The van der Waals surface area contributed by atoms with Crippen LogP contribution in [0.5, 0.6) is 0 Å². The van der Waals surface area contributed by atoms with Crippen molar-refractivity contribution < 1.29 is 31.7 Å². The predicted octanol–water partition coefficient (Wildman–Crippen LogP) is 5.77. The van der Waals surface area contributed by atoms with Crippen LogP contribution in [0.1, 0.15) is 22.1 Å². The SMILES string of the molecule is O=C1Cc2c(cccc2-c2nc(N3CCOCC3)c3oc4ncc(CN5CC[S+]([O-])C(n6ccc7c(-c8nc(N9CCOCC9)c9sc%10ncc(CN%11CCS(=O)(=O)CC%11)cc%10c9n8)cccc76)C5)cc4c3n2)N1. The molecule has 2 unspecified atom stereocenters. The zero-order valence-corrected chi connectivity index (χ0v) is 42.7. The molecular formula is C52H50N12O7S3. The number of carbonyl (C=O) groups is 1. The molecule has 1 N–H and O–H groups in total. The van der Waals surface area contributed by atoms with Gasteiger partial charge in [0.1, 0.15) is 16.1 Å². The lowest BCUT2D eigenvalue weighted by molar-refractivity contribution is -0.115. The summed E-state index contributed by atoms with van der Waals surface area (Å²) < 4.78 is 59.5. The van der Waals surface area contributed by atoms with Crippen molar-refractivity contribution in [1.29, 1.82) is 0 Å². The van der Waals surface area contributed by atoms with Crippen LogP contribution < -0.4 is 15.1 Å². The molecule has 14 rings (SSSR count). The van der Waals surface area contributed by atoms with Crippen LogP contribution in [-0.4, -0.2) is 159 Å². The molecule has 22 heteroatoms. The summed E-state index contributed by atoms with van der Waals surface area (Å²) in [5, 5.41) is 5.34. The number of anilines is 3. The Morgan fingerprint density at radius 1 is 0.743 bits per heavy atom. The monoisotopic (exact) mass is 1050 g/mol. The maximum absolute atomic E-state index is 14.1. The average molecular weight is 1050 g/mol. The Morgan fingerprint density at radius 2 is 1.43 bits per heavy atom. The van der Waals surface area contributed by atoms with Gasteiger partial charge in [-0.2, -0.15) is 0 Å². The van der Waals surface area contributed by atoms with Gasteiger partial charge >= 0.3 is 0 Å². The third-order valence-corrected chi connectivity index (χ3v) is 19.2. The van der Waals surface area contributed by atoms with Crippen molar-refractivity contribution in [3.05, 3.63) is 89.9 Å². The standard InChI is InChI=1S/C52H50N12O7S3/c65-41-25-36-35(3-1-5-39(36)55-41)48-56-43-37-23-31(26-53-51(37)71-45(43)49(58-48)62-9-16-69-17-10-62)29-61-13-20-73(66)42(30-61)64-8-7-33-34(4-2-6-40(33)64)47-57-44-38-24-32(28-60-14-21-74(67,68)22-15-60)27-54-52(38)72-46(44)50(59-47)63-11-18-70-19-12-63/h1-8,23-24,26-27,42H,9-22,25,28-30H2,(H,55,65). The lowest BCUT2D eigenvalue weighted by atomic mass is 10.0. The largest absolute Gasteiger partial charge is 0.615 e. The number of pyridine rings is 2. The van der Waals surface area contributed by atoms with E-state index in [-0.39, 0.29) is 29.2 Å². The summed E-state index contributed by atoms with van der Waals surface area (Å²) in [5.41, 5.74) is 8.79. The molecule has 1 amide bonds. The summed E-state index contributed by atoms with van der Waals surface area (Å²) >= 11 is 0.437. The number of ether oxygens (including phenoxy) is 2. The molecule has 0 aliphatic carbocycles. The van der Waals surface area contributed by atoms with Gasteiger partial charge in [-0.15, -0.1) is 11.3 Å². The Bertz CT molecular complexity index is 3820. The number of amides is 1. The van der Waals surface area contributed by atoms with E-state index in [9.17, 15) is 17.8 Å². The van der Waals surface area contributed by atoms with Crippen molar-refractivity contribution in [3.63, 3.8) is 0 Å². The number of hydrogen-bond donors (Lipinski definition) is 1. The molecule has 19 nitrogen and oxygen atoms in total. The minimum absolute atomic E-state index is 0.0561. The lowest BCUT2D eigenvalue weighted by Gasteiger charge is -2.35. The van der Waals surface area contributed by atoms with E-state index in [1.165, 1.54) is 0 Å². The summed E-state index contributed by atoms with van der Waals surface area (Å²) in [6, 6.07) is 18.3. The minimum Gasteiger partial charge on any atom is -0.615 e. The summed E-state index contributed by atoms with van der Waals surface area (Å²) in [7, 11) is -2.99. The quantitative estimate of drug-likeness (QED) is 0.170. The summed E-state index contributed by atoms with van der Waals surface area (Å²) in [4.78, 5) is 53.0. The first-order chi connectivity index (χ1) is 36.2. The number of benzene rings is 2. The molecule has 74 heavy (non-hydrogen) atoms. The molecule has 0 bridgehead atoms. The van der Waals surface area contributed by atoms with Crippen molar-refractivity contribution in [1.82, 2.24) is 44.3 Å². The van der Waals surface area contributed by atoms with E-state index in [1.807, 2.05) is 42.9 Å². The molecule has 4 saturated heterocycles. The van der Waals surface area contributed by atoms with Crippen molar-refractivity contribution in [2.24, 2.45) is 0 Å². The van der Waals surface area contributed by atoms with Crippen molar-refractivity contribution >= 4 is 109 Å². The number of carbonyl (C=O) groups excluding carboxylic acids is 1. The molecule has 0 radical (unpaired) electrons. The van der Waals surface area contributed by atoms with E-state index in [0.29, 0.717) is 132 Å². The van der Waals surface area contributed by atoms with Gasteiger partial charge in [0.25, 0.3) is 0 Å². The fourth-order valence-electron chi connectivity index (χ4n) is 11.1. The highest BCUT2D eigenvalue weighted by molar-refractivity contribution is 7.91. The third-order valence-electron chi connectivity index (χ3n) is 15.0. The molecule has 0 saturated carbocycles. The Morgan fingerprint density at radius 3 is 2.24 bits per heavy atom. The molecule has 2 atom stereocenters. The number of aromatic nitrogens is 7. The molecule has 4 fully saturated rings. The number of nitrogens with zero attached hydrogens (tertiary/aromatic N) is 11. The third kappa shape index (κ3) is 8.31. The zero-order valence-electron chi connectivity index (χ0n) is 40.2. The fourth-order valence-corrected chi connectivity index (χ4v) is 15.0. The smallest absolute Gasteiger partial charge is 0.229 e. The van der Waals surface area contributed by atoms with E-state index in [1.54, 1.807) is 11.3 Å². The van der Waals surface area contributed by atoms with Crippen LogP contribution >= 0.6 is 11.3 Å². The molecule has 12 heterocycles. The van der Waals surface area contributed by atoms with Gasteiger partial charge in [-0.3, -0.25) is 14.6 Å². The van der Waals surface area contributed by atoms with Crippen LogP contribution in [-0.2, 0) is 54.8 Å². The highest BCUT2D eigenvalue weighted by Crippen LogP contribution is 2.42. The number of thiophene rings is 1. The Balaban J connectivity index is 0.782. The number of fused-ring (bicyclic) bond motifs is 8. The first-order valence-electron chi connectivity index (χ1n) is 25.0. The van der Waals surface area contributed by atoms with E-state index in [4.69, 9.17) is 43.8 Å². The molecule has 5 aliphatic heterocycles. The van der Waals surface area contributed by atoms with Gasteiger partial charge < -0.3 is 38.1 Å². The van der Waals surface area contributed by atoms with Gasteiger partial charge in [-0.1, -0.05) is 24.3 Å². The van der Waals surface area contributed by atoms with Crippen LogP contribution in [0, 0.1) is 0 Å². The maximum Gasteiger partial charge on any atom is 0.229 e. The second-order valence-electron chi connectivity index (χ2n) is 19.6.